The van der Waals surface area contributed by atoms with Crippen LogP contribution in [0.5, 0.6) is 0 Å². The van der Waals surface area contributed by atoms with Crippen LogP contribution in [0, 0.1) is 12.8 Å². The Morgan fingerprint density at radius 1 is 1.33 bits per heavy atom. The van der Waals surface area contributed by atoms with Crippen molar-refractivity contribution >= 4 is 23.3 Å². The minimum absolute atomic E-state index is 0.0932. The SMILES string of the molecule is Cc1cc(NC(=O)C2CCCC2)n(-c2cccc(Cl)c2)n1. The topological polar surface area (TPSA) is 46.9 Å². The maximum Gasteiger partial charge on any atom is 0.228 e. The van der Waals surface area contributed by atoms with Crippen LogP contribution >= 0.6 is 11.6 Å². The van der Waals surface area contributed by atoms with Crippen LogP contribution in [0.4, 0.5) is 5.82 Å². The Balaban J connectivity index is 1.87. The van der Waals surface area contributed by atoms with E-state index in [2.05, 4.69) is 10.4 Å². The van der Waals surface area contributed by atoms with E-state index in [1.165, 1.54) is 0 Å². The molecule has 0 bridgehead atoms. The number of benzene rings is 1. The number of aromatic nitrogens is 2. The summed E-state index contributed by atoms with van der Waals surface area (Å²) in [5, 5.41) is 8.10. The van der Waals surface area contributed by atoms with Gasteiger partial charge in [0.05, 0.1) is 11.4 Å². The van der Waals surface area contributed by atoms with Crippen LogP contribution in [0.15, 0.2) is 30.3 Å². The molecule has 0 aliphatic heterocycles. The predicted octanol–water partition coefficient (Wildman–Crippen LogP) is 3.96. The van der Waals surface area contributed by atoms with Gasteiger partial charge >= 0.3 is 0 Å². The summed E-state index contributed by atoms with van der Waals surface area (Å²) in [5.74, 6) is 0.926. The highest BCUT2D eigenvalue weighted by Gasteiger charge is 2.23. The number of amides is 1. The van der Waals surface area contributed by atoms with Gasteiger partial charge in [-0.15, -0.1) is 0 Å². The molecule has 1 heterocycles. The highest BCUT2D eigenvalue weighted by atomic mass is 35.5. The van der Waals surface area contributed by atoms with Gasteiger partial charge in [-0.2, -0.15) is 5.10 Å². The number of carbonyl (C=O) groups is 1. The number of nitrogens with one attached hydrogen (secondary N) is 1. The molecule has 1 saturated carbocycles. The van der Waals surface area contributed by atoms with Crippen molar-refractivity contribution < 1.29 is 4.79 Å². The van der Waals surface area contributed by atoms with E-state index in [0.29, 0.717) is 10.8 Å². The molecule has 3 rings (SSSR count). The first kappa shape index (κ1) is 14.1. The number of halogens is 1. The third-order valence-corrected chi connectivity index (χ3v) is 4.10. The molecule has 1 fully saturated rings. The predicted molar refractivity (Wildman–Crippen MR) is 83.9 cm³/mol. The monoisotopic (exact) mass is 303 g/mol. The summed E-state index contributed by atoms with van der Waals surface area (Å²) in [6.07, 6.45) is 4.25. The Morgan fingerprint density at radius 3 is 2.81 bits per heavy atom. The zero-order valence-electron chi connectivity index (χ0n) is 12.0. The zero-order chi connectivity index (χ0) is 14.8. The van der Waals surface area contributed by atoms with Gasteiger partial charge in [-0.05, 0) is 38.0 Å². The lowest BCUT2D eigenvalue weighted by Crippen LogP contribution is -2.22. The maximum atomic E-state index is 12.3. The Labute approximate surface area is 129 Å². The van der Waals surface area contributed by atoms with Crippen molar-refractivity contribution in [1.29, 1.82) is 0 Å². The molecule has 0 radical (unpaired) electrons. The van der Waals surface area contributed by atoms with Crippen LogP contribution in [0.3, 0.4) is 0 Å². The van der Waals surface area contributed by atoms with Crippen LogP contribution in [-0.4, -0.2) is 15.7 Å². The number of anilines is 1. The molecule has 0 spiro atoms. The number of carbonyl (C=O) groups excluding carboxylic acids is 1. The molecule has 0 atom stereocenters. The van der Waals surface area contributed by atoms with E-state index in [-0.39, 0.29) is 11.8 Å². The van der Waals surface area contributed by atoms with Crippen molar-refractivity contribution in [3.05, 3.63) is 41.0 Å². The highest BCUT2D eigenvalue weighted by Crippen LogP contribution is 2.27. The Kier molecular flexibility index (Phi) is 3.97. The third-order valence-electron chi connectivity index (χ3n) is 3.86. The van der Waals surface area contributed by atoms with Gasteiger partial charge in [0, 0.05) is 17.0 Å². The first-order chi connectivity index (χ1) is 10.1. The number of aryl methyl sites for hydroxylation is 1. The summed E-state index contributed by atoms with van der Waals surface area (Å²) in [7, 11) is 0. The standard InChI is InChI=1S/C16H18ClN3O/c1-11-9-15(18-16(21)12-5-2-3-6-12)20(19-11)14-8-4-7-13(17)10-14/h4,7-10,12H,2-3,5-6H2,1H3,(H,18,21). The summed E-state index contributed by atoms with van der Waals surface area (Å²) in [6.45, 7) is 1.91. The fraction of sp³-hybridized carbons (Fsp3) is 0.375. The summed E-state index contributed by atoms with van der Waals surface area (Å²) in [6, 6.07) is 9.33. The minimum atomic E-state index is 0.0932. The van der Waals surface area contributed by atoms with Crippen LogP contribution < -0.4 is 5.32 Å². The molecule has 1 aromatic carbocycles. The molecule has 5 heteroatoms. The van der Waals surface area contributed by atoms with Crippen molar-refractivity contribution in [1.82, 2.24) is 9.78 Å². The number of hydrogen-bond acceptors (Lipinski definition) is 2. The molecular formula is C16H18ClN3O. The first-order valence-corrected chi connectivity index (χ1v) is 7.65. The lowest BCUT2D eigenvalue weighted by Gasteiger charge is -2.12. The van der Waals surface area contributed by atoms with E-state index in [4.69, 9.17) is 11.6 Å². The number of hydrogen-bond donors (Lipinski definition) is 1. The normalized spacial score (nSPS) is 15.3. The van der Waals surface area contributed by atoms with E-state index in [1.807, 2.05) is 37.3 Å². The molecule has 1 N–H and O–H groups in total. The van der Waals surface area contributed by atoms with Crippen molar-refractivity contribution in [2.75, 3.05) is 5.32 Å². The van der Waals surface area contributed by atoms with Gasteiger partial charge in [-0.3, -0.25) is 4.79 Å². The minimum Gasteiger partial charge on any atom is -0.310 e. The average Bonchev–Trinajstić information content (AvgIpc) is 3.08. The van der Waals surface area contributed by atoms with E-state index in [9.17, 15) is 4.79 Å². The van der Waals surface area contributed by atoms with Gasteiger partial charge in [0.25, 0.3) is 0 Å². The summed E-state index contributed by atoms with van der Waals surface area (Å²) >= 11 is 6.03. The highest BCUT2D eigenvalue weighted by molar-refractivity contribution is 6.30. The fourth-order valence-electron chi connectivity index (χ4n) is 2.81. The number of rotatable bonds is 3. The second-order valence-corrected chi connectivity index (χ2v) is 5.97. The zero-order valence-corrected chi connectivity index (χ0v) is 12.7. The molecule has 2 aromatic rings. The Hall–Kier alpha value is -1.81. The molecule has 1 aromatic heterocycles. The molecule has 0 saturated heterocycles. The van der Waals surface area contributed by atoms with Gasteiger partial charge < -0.3 is 5.32 Å². The molecule has 1 amide bonds. The fourth-order valence-corrected chi connectivity index (χ4v) is 2.99. The van der Waals surface area contributed by atoms with E-state index < -0.39 is 0 Å². The Morgan fingerprint density at radius 2 is 2.10 bits per heavy atom. The van der Waals surface area contributed by atoms with Gasteiger partial charge in [0.15, 0.2) is 0 Å². The van der Waals surface area contributed by atoms with Gasteiger partial charge in [-0.1, -0.05) is 30.5 Å². The van der Waals surface area contributed by atoms with Crippen molar-refractivity contribution in [2.45, 2.75) is 32.6 Å². The van der Waals surface area contributed by atoms with Crippen LogP contribution in [-0.2, 0) is 4.79 Å². The van der Waals surface area contributed by atoms with Crippen LogP contribution in [0.25, 0.3) is 5.69 Å². The summed E-state index contributed by atoms with van der Waals surface area (Å²) < 4.78 is 1.73. The molecule has 1 aliphatic rings. The van der Waals surface area contributed by atoms with E-state index >= 15 is 0 Å². The Bertz CT molecular complexity index is 659. The first-order valence-electron chi connectivity index (χ1n) is 7.27. The smallest absolute Gasteiger partial charge is 0.228 e. The lowest BCUT2D eigenvalue weighted by molar-refractivity contribution is -0.119. The maximum absolute atomic E-state index is 12.3. The van der Waals surface area contributed by atoms with Gasteiger partial charge in [-0.25, -0.2) is 4.68 Å². The van der Waals surface area contributed by atoms with E-state index in [1.54, 1.807) is 4.68 Å². The van der Waals surface area contributed by atoms with Crippen molar-refractivity contribution in [3.8, 4) is 5.69 Å². The molecule has 110 valence electrons. The molecule has 21 heavy (non-hydrogen) atoms. The van der Waals surface area contributed by atoms with Crippen LogP contribution in [0.1, 0.15) is 31.4 Å². The molecule has 4 nitrogen and oxygen atoms in total. The van der Waals surface area contributed by atoms with Gasteiger partial charge in [0.2, 0.25) is 5.91 Å². The second kappa shape index (κ2) is 5.90. The van der Waals surface area contributed by atoms with Gasteiger partial charge in [0.1, 0.15) is 5.82 Å². The molecule has 0 unspecified atom stereocenters. The average molecular weight is 304 g/mol. The van der Waals surface area contributed by atoms with Crippen molar-refractivity contribution in [3.63, 3.8) is 0 Å². The quantitative estimate of drug-likeness (QED) is 0.933. The summed E-state index contributed by atoms with van der Waals surface area (Å²) in [5.41, 5.74) is 1.70. The second-order valence-electron chi connectivity index (χ2n) is 5.53. The molecular weight excluding hydrogens is 286 g/mol. The summed E-state index contributed by atoms with van der Waals surface area (Å²) in [4.78, 5) is 12.3. The largest absolute Gasteiger partial charge is 0.310 e. The molecule has 1 aliphatic carbocycles. The third kappa shape index (κ3) is 3.10. The van der Waals surface area contributed by atoms with Crippen molar-refractivity contribution in [2.24, 2.45) is 5.92 Å². The van der Waals surface area contributed by atoms with Crippen LogP contribution in [0.2, 0.25) is 5.02 Å². The van der Waals surface area contributed by atoms with E-state index in [0.717, 1.165) is 37.1 Å². The lowest BCUT2D eigenvalue weighted by atomic mass is 10.1. The number of nitrogens with zero attached hydrogens (tertiary/aromatic N) is 2.